The van der Waals surface area contributed by atoms with E-state index < -0.39 is 6.04 Å². The molecule has 0 unspecified atom stereocenters. The predicted molar refractivity (Wildman–Crippen MR) is 136 cm³/mol. The normalized spacial score (nSPS) is 11.8. The summed E-state index contributed by atoms with van der Waals surface area (Å²) in [6.07, 6.45) is 2.43. The van der Waals surface area contributed by atoms with Gasteiger partial charge in [-0.15, -0.1) is 11.8 Å². The molecule has 0 aliphatic rings. The van der Waals surface area contributed by atoms with E-state index in [0.29, 0.717) is 23.0 Å². The number of carbonyl (C=O) groups excluding carboxylic acids is 2. The van der Waals surface area contributed by atoms with E-state index in [1.165, 1.54) is 11.1 Å². The molecule has 32 heavy (non-hydrogen) atoms. The summed E-state index contributed by atoms with van der Waals surface area (Å²) >= 11 is 14.0. The lowest BCUT2D eigenvalue weighted by Gasteiger charge is -2.31. The Kier molecular flexibility index (Phi) is 11.4. The van der Waals surface area contributed by atoms with Gasteiger partial charge in [0.25, 0.3) is 0 Å². The number of halogens is 2. The SMILES string of the molecule is CCCCNC(=O)[C@@H](CC)N(Cc1ccc(Cl)cc1Cl)C(=O)CSCc1ccccc1C. The Morgan fingerprint density at radius 3 is 2.50 bits per heavy atom. The predicted octanol–water partition coefficient (Wildman–Crippen LogP) is 6.26. The van der Waals surface area contributed by atoms with Crippen molar-refractivity contribution >= 4 is 46.8 Å². The summed E-state index contributed by atoms with van der Waals surface area (Å²) in [7, 11) is 0. The Morgan fingerprint density at radius 2 is 1.84 bits per heavy atom. The van der Waals surface area contributed by atoms with Gasteiger partial charge in [-0.2, -0.15) is 0 Å². The van der Waals surface area contributed by atoms with E-state index in [0.717, 1.165) is 24.2 Å². The smallest absolute Gasteiger partial charge is 0.242 e. The minimum absolute atomic E-state index is 0.0768. The van der Waals surface area contributed by atoms with Gasteiger partial charge in [0.1, 0.15) is 6.04 Å². The zero-order chi connectivity index (χ0) is 23.5. The number of rotatable bonds is 12. The fraction of sp³-hybridized carbons (Fsp3) is 0.440. The summed E-state index contributed by atoms with van der Waals surface area (Å²) in [5, 5.41) is 4.00. The van der Waals surface area contributed by atoms with Crippen molar-refractivity contribution in [3.8, 4) is 0 Å². The highest BCUT2D eigenvalue weighted by molar-refractivity contribution is 7.99. The van der Waals surface area contributed by atoms with Crippen molar-refractivity contribution in [2.75, 3.05) is 12.3 Å². The molecule has 2 aromatic carbocycles. The summed E-state index contributed by atoms with van der Waals surface area (Å²) in [5.41, 5.74) is 3.19. The van der Waals surface area contributed by atoms with Gasteiger partial charge in [0.05, 0.1) is 5.75 Å². The maximum Gasteiger partial charge on any atom is 0.242 e. The van der Waals surface area contributed by atoms with Gasteiger partial charge in [-0.25, -0.2) is 0 Å². The van der Waals surface area contributed by atoms with E-state index in [1.54, 1.807) is 28.8 Å². The summed E-state index contributed by atoms with van der Waals surface area (Å²) in [6.45, 7) is 6.94. The molecule has 0 bridgehead atoms. The molecular weight excluding hydrogens is 463 g/mol. The maximum atomic E-state index is 13.3. The summed E-state index contributed by atoms with van der Waals surface area (Å²) < 4.78 is 0. The molecule has 0 fully saturated rings. The molecular formula is C25H32Cl2N2O2S. The Labute approximate surface area is 206 Å². The van der Waals surface area contributed by atoms with Crippen LogP contribution in [0.4, 0.5) is 0 Å². The number of benzene rings is 2. The standard InChI is InChI=1S/C25H32Cl2N2O2S/c1-4-6-13-28-25(31)23(5-2)29(15-19-11-12-21(26)14-22(19)27)24(30)17-32-16-20-10-8-7-9-18(20)3/h7-12,14,23H,4-6,13,15-17H2,1-3H3,(H,28,31)/t23-/m1/s1. The Morgan fingerprint density at radius 1 is 1.09 bits per heavy atom. The van der Waals surface area contributed by atoms with Crippen LogP contribution in [0.1, 0.15) is 49.8 Å². The van der Waals surface area contributed by atoms with E-state index in [9.17, 15) is 9.59 Å². The molecule has 4 nitrogen and oxygen atoms in total. The summed E-state index contributed by atoms with van der Waals surface area (Å²) in [5.74, 6) is 0.835. The van der Waals surface area contributed by atoms with Crippen LogP contribution in [0.5, 0.6) is 0 Å². The Bertz CT molecular complexity index is 907. The van der Waals surface area contributed by atoms with Crippen LogP contribution in [-0.2, 0) is 21.9 Å². The van der Waals surface area contributed by atoms with E-state index in [4.69, 9.17) is 23.2 Å². The number of thioether (sulfide) groups is 1. The lowest BCUT2D eigenvalue weighted by atomic mass is 10.1. The highest BCUT2D eigenvalue weighted by Gasteiger charge is 2.28. The molecule has 7 heteroatoms. The lowest BCUT2D eigenvalue weighted by Crippen LogP contribution is -2.49. The van der Waals surface area contributed by atoms with Crippen LogP contribution in [0.15, 0.2) is 42.5 Å². The second-order valence-corrected chi connectivity index (χ2v) is 9.57. The fourth-order valence-electron chi connectivity index (χ4n) is 3.36. The van der Waals surface area contributed by atoms with Gasteiger partial charge in [-0.3, -0.25) is 9.59 Å². The second kappa shape index (κ2) is 13.8. The Hall–Kier alpha value is -1.69. The van der Waals surface area contributed by atoms with Gasteiger partial charge >= 0.3 is 0 Å². The molecule has 1 N–H and O–H groups in total. The molecule has 0 aliphatic carbocycles. The molecule has 2 rings (SSSR count). The molecule has 0 spiro atoms. The van der Waals surface area contributed by atoms with Gasteiger partial charge in [0, 0.05) is 28.9 Å². The number of nitrogens with one attached hydrogen (secondary N) is 1. The maximum absolute atomic E-state index is 13.3. The molecule has 1 atom stereocenters. The van der Waals surface area contributed by atoms with Gasteiger partial charge in [0.15, 0.2) is 0 Å². The van der Waals surface area contributed by atoms with Gasteiger partial charge in [0.2, 0.25) is 11.8 Å². The van der Waals surface area contributed by atoms with Gasteiger partial charge < -0.3 is 10.2 Å². The van der Waals surface area contributed by atoms with Crippen molar-refractivity contribution in [2.45, 2.75) is 58.4 Å². The van der Waals surface area contributed by atoms with Crippen LogP contribution < -0.4 is 5.32 Å². The zero-order valence-corrected chi connectivity index (χ0v) is 21.3. The molecule has 0 aliphatic heterocycles. The molecule has 174 valence electrons. The third-order valence-corrected chi connectivity index (χ3v) is 6.87. The Balaban J connectivity index is 2.16. The van der Waals surface area contributed by atoms with E-state index in [1.807, 2.05) is 25.1 Å². The van der Waals surface area contributed by atoms with Crippen LogP contribution in [0.2, 0.25) is 10.0 Å². The number of hydrogen-bond acceptors (Lipinski definition) is 3. The molecule has 0 aromatic heterocycles. The van der Waals surface area contributed by atoms with E-state index in [2.05, 4.69) is 31.3 Å². The first-order valence-corrected chi connectivity index (χ1v) is 12.9. The number of unbranched alkanes of at least 4 members (excludes halogenated alkanes) is 1. The highest BCUT2D eigenvalue weighted by Crippen LogP contribution is 2.25. The van der Waals surface area contributed by atoms with Crippen molar-refractivity contribution in [1.29, 1.82) is 0 Å². The van der Waals surface area contributed by atoms with Crippen LogP contribution in [0.3, 0.4) is 0 Å². The minimum Gasteiger partial charge on any atom is -0.354 e. The highest BCUT2D eigenvalue weighted by atomic mass is 35.5. The average molecular weight is 496 g/mol. The van der Waals surface area contributed by atoms with Gasteiger partial charge in [-0.1, -0.05) is 73.8 Å². The zero-order valence-electron chi connectivity index (χ0n) is 19.0. The van der Waals surface area contributed by atoms with Crippen molar-refractivity contribution < 1.29 is 9.59 Å². The van der Waals surface area contributed by atoms with Crippen LogP contribution in [0, 0.1) is 6.92 Å². The number of carbonyl (C=O) groups is 2. The quantitative estimate of drug-likeness (QED) is 0.354. The third-order valence-electron chi connectivity index (χ3n) is 5.32. The van der Waals surface area contributed by atoms with Gasteiger partial charge in [-0.05, 0) is 48.6 Å². The topological polar surface area (TPSA) is 49.4 Å². The fourth-order valence-corrected chi connectivity index (χ4v) is 4.82. The second-order valence-electron chi connectivity index (χ2n) is 7.75. The summed E-state index contributed by atoms with van der Waals surface area (Å²) in [4.78, 5) is 27.8. The first-order chi connectivity index (χ1) is 15.4. The van der Waals surface area contributed by atoms with Crippen LogP contribution in [0.25, 0.3) is 0 Å². The molecule has 2 amide bonds. The molecule has 0 saturated carbocycles. The molecule has 0 heterocycles. The first-order valence-electron chi connectivity index (χ1n) is 11.0. The van der Waals surface area contributed by atoms with E-state index in [-0.39, 0.29) is 24.1 Å². The number of aryl methyl sites for hydroxylation is 1. The van der Waals surface area contributed by atoms with Crippen molar-refractivity contribution in [2.24, 2.45) is 0 Å². The van der Waals surface area contributed by atoms with Crippen molar-refractivity contribution in [1.82, 2.24) is 10.2 Å². The molecule has 0 saturated heterocycles. The van der Waals surface area contributed by atoms with Crippen LogP contribution >= 0.6 is 35.0 Å². The monoisotopic (exact) mass is 494 g/mol. The largest absolute Gasteiger partial charge is 0.354 e. The number of nitrogens with zero attached hydrogens (tertiary/aromatic N) is 1. The molecule has 0 radical (unpaired) electrons. The van der Waals surface area contributed by atoms with Crippen molar-refractivity contribution in [3.05, 3.63) is 69.2 Å². The lowest BCUT2D eigenvalue weighted by molar-refractivity contribution is -0.139. The van der Waals surface area contributed by atoms with Crippen molar-refractivity contribution in [3.63, 3.8) is 0 Å². The average Bonchev–Trinajstić information content (AvgIpc) is 2.76. The summed E-state index contributed by atoms with van der Waals surface area (Å²) in [6, 6.07) is 12.8. The first kappa shape index (κ1) is 26.6. The third kappa shape index (κ3) is 8.02. The number of hydrogen-bond donors (Lipinski definition) is 1. The molecule has 2 aromatic rings. The van der Waals surface area contributed by atoms with E-state index >= 15 is 0 Å². The number of amides is 2. The van der Waals surface area contributed by atoms with Crippen LogP contribution in [-0.4, -0.2) is 35.1 Å². The minimum atomic E-state index is -0.551.